The Balaban J connectivity index is 1.39. The minimum atomic E-state index is 0.0653. The maximum atomic E-state index is 12.7. The first-order valence-electron chi connectivity index (χ1n) is 10.4. The molecular formula is C20H36N4O2. The molecule has 1 aliphatic carbocycles. The molecule has 0 aromatic carbocycles. The third-order valence-electron chi connectivity index (χ3n) is 6.68. The van der Waals surface area contributed by atoms with Gasteiger partial charge in [-0.3, -0.25) is 14.5 Å². The number of nitrogens with one attached hydrogen (secondary N) is 1. The van der Waals surface area contributed by atoms with E-state index in [0.717, 1.165) is 71.5 Å². The maximum absolute atomic E-state index is 12.7. The minimum Gasteiger partial charge on any atom is -0.354 e. The first-order valence-corrected chi connectivity index (χ1v) is 10.4. The fraction of sp³-hybridized carbons (Fsp3) is 0.900. The molecule has 2 unspecified atom stereocenters. The van der Waals surface area contributed by atoms with Crippen LogP contribution in [-0.2, 0) is 9.59 Å². The quantitative estimate of drug-likeness (QED) is 0.799. The molecule has 0 aromatic heterocycles. The van der Waals surface area contributed by atoms with E-state index >= 15 is 0 Å². The van der Waals surface area contributed by atoms with Gasteiger partial charge in [-0.05, 0) is 44.9 Å². The summed E-state index contributed by atoms with van der Waals surface area (Å²) in [7, 11) is 0. The Morgan fingerprint density at radius 1 is 1.12 bits per heavy atom. The first kappa shape index (κ1) is 19.6. The standard InChI is InChI=1S/C20H36N4O2/c1-16(2)23-12-10-22(11-13-23)8-5-19(26)24-9-7-20(15-24)6-4-18(14-20)21-17(3)25/h16,18H,4-15H2,1-3H3,(H,21,25). The van der Waals surface area contributed by atoms with Crippen molar-refractivity contribution in [2.75, 3.05) is 45.8 Å². The average Bonchev–Trinajstić information content (AvgIpc) is 3.19. The zero-order chi connectivity index (χ0) is 18.7. The van der Waals surface area contributed by atoms with E-state index in [2.05, 4.69) is 33.9 Å². The molecule has 2 saturated heterocycles. The van der Waals surface area contributed by atoms with Crippen molar-refractivity contribution in [2.45, 2.75) is 65.0 Å². The first-order chi connectivity index (χ1) is 12.4. The van der Waals surface area contributed by atoms with E-state index in [1.165, 1.54) is 0 Å². The predicted octanol–water partition coefficient (Wildman–Crippen LogP) is 1.31. The Morgan fingerprint density at radius 3 is 2.50 bits per heavy atom. The number of carbonyl (C=O) groups is 2. The second kappa shape index (κ2) is 8.26. The van der Waals surface area contributed by atoms with Crippen molar-refractivity contribution >= 4 is 11.8 Å². The summed E-state index contributed by atoms with van der Waals surface area (Å²) in [6, 6.07) is 0.923. The van der Waals surface area contributed by atoms with Crippen molar-refractivity contribution < 1.29 is 9.59 Å². The molecule has 1 N–H and O–H groups in total. The molecule has 26 heavy (non-hydrogen) atoms. The van der Waals surface area contributed by atoms with E-state index < -0.39 is 0 Å². The molecule has 3 fully saturated rings. The molecule has 3 rings (SSSR count). The molecule has 1 spiro atoms. The number of rotatable bonds is 5. The Bertz CT molecular complexity index is 516. The van der Waals surface area contributed by atoms with Crippen LogP contribution in [0.5, 0.6) is 0 Å². The highest BCUT2D eigenvalue weighted by atomic mass is 16.2. The van der Waals surface area contributed by atoms with Crippen molar-refractivity contribution in [1.82, 2.24) is 20.0 Å². The van der Waals surface area contributed by atoms with Crippen LogP contribution in [0.1, 0.15) is 52.9 Å². The van der Waals surface area contributed by atoms with Gasteiger partial charge in [-0.15, -0.1) is 0 Å². The molecule has 2 atom stereocenters. The lowest BCUT2D eigenvalue weighted by Crippen LogP contribution is -2.49. The lowest BCUT2D eigenvalue weighted by Gasteiger charge is -2.37. The summed E-state index contributed by atoms with van der Waals surface area (Å²) in [6.07, 6.45) is 4.98. The van der Waals surface area contributed by atoms with Gasteiger partial charge >= 0.3 is 0 Å². The molecular weight excluding hydrogens is 328 g/mol. The van der Waals surface area contributed by atoms with Crippen LogP contribution in [0, 0.1) is 5.41 Å². The molecule has 0 aromatic rings. The second-order valence-electron chi connectivity index (χ2n) is 8.93. The number of nitrogens with zero attached hydrogens (tertiary/aromatic N) is 3. The molecule has 148 valence electrons. The fourth-order valence-electron chi connectivity index (χ4n) is 5.05. The summed E-state index contributed by atoms with van der Waals surface area (Å²) in [5, 5.41) is 3.06. The monoisotopic (exact) mass is 364 g/mol. The van der Waals surface area contributed by atoms with Gasteiger partial charge in [0.05, 0.1) is 0 Å². The molecule has 3 aliphatic rings. The molecule has 2 amide bonds. The SMILES string of the molecule is CC(=O)NC1CCC2(CCN(C(=O)CCN3CCN(C(C)C)CC3)C2)C1. The van der Waals surface area contributed by atoms with Crippen LogP contribution in [0.15, 0.2) is 0 Å². The summed E-state index contributed by atoms with van der Waals surface area (Å²) < 4.78 is 0. The van der Waals surface area contributed by atoms with Gasteiger partial charge in [-0.1, -0.05) is 0 Å². The Labute approximate surface area is 158 Å². The van der Waals surface area contributed by atoms with Crippen molar-refractivity contribution in [3.8, 4) is 0 Å². The van der Waals surface area contributed by atoms with Gasteiger partial charge < -0.3 is 15.1 Å². The van der Waals surface area contributed by atoms with Crippen LogP contribution in [0.4, 0.5) is 0 Å². The fourth-order valence-corrected chi connectivity index (χ4v) is 5.05. The van der Waals surface area contributed by atoms with Gasteiger partial charge in [0.1, 0.15) is 0 Å². The van der Waals surface area contributed by atoms with Crippen LogP contribution >= 0.6 is 0 Å². The van der Waals surface area contributed by atoms with Crippen LogP contribution in [0.25, 0.3) is 0 Å². The largest absolute Gasteiger partial charge is 0.354 e. The Hall–Kier alpha value is -1.14. The zero-order valence-electron chi connectivity index (χ0n) is 16.8. The molecule has 2 aliphatic heterocycles. The van der Waals surface area contributed by atoms with E-state index in [1.54, 1.807) is 6.92 Å². The molecule has 0 radical (unpaired) electrons. The normalized spacial score (nSPS) is 30.5. The zero-order valence-corrected chi connectivity index (χ0v) is 16.8. The van der Waals surface area contributed by atoms with Gasteiger partial charge in [-0.2, -0.15) is 0 Å². The van der Waals surface area contributed by atoms with Gasteiger partial charge in [0.25, 0.3) is 0 Å². The molecule has 6 nitrogen and oxygen atoms in total. The van der Waals surface area contributed by atoms with Gasteiger partial charge in [0, 0.05) is 71.2 Å². The third-order valence-corrected chi connectivity index (χ3v) is 6.68. The predicted molar refractivity (Wildman–Crippen MR) is 103 cm³/mol. The lowest BCUT2D eigenvalue weighted by atomic mass is 9.85. The van der Waals surface area contributed by atoms with Gasteiger partial charge in [0.2, 0.25) is 11.8 Å². The van der Waals surface area contributed by atoms with E-state index in [-0.39, 0.29) is 11.3 Å². The van der Waals surface area contributed by atoms with E-state index in [9.17, 15) is 9.59 Å². The van der Waals surface area contributed by atoms with Crippen molar-refractivity contribution in [3.63, 3.8) is 0 Å². The summed E-state index contributed by atoms with van der Waals surface area (Å²) in [6.45, 7) is 13.2. The number of carbonyl (C=O) groups excluding carboxylic acids is 2. The summed E-state index contributed by atoms with van der Waals surface area (Å²) >= 11 is 0. The molecule has 0 bridgehead atoms. The number of piperazine rings is 1. The second-order valence-corrected chi connectivity index (χ2v) is 8.93. The van der Waals surface area contributed by atoms with Gasteiger partial charge in [-0.25, -0.2) is 0 Å². The van der Waals surface area contributed by atoms with Crippen LogP contribution in [-0.4, -0.2) is 84.4 Å². The van der Waals surface area contributed by atoms with Crippen molar-refractivity contribution in [1.29, 1.82) is 0 Å². The Kier molecular flexibility index (Phi) is 6.23. The minimum absolute atomic E-state index is 0.0653. The highest BCUT2D eigenvalue weighted by Crippen LogP contribution is 2.45. The third kappa shape index (κ3) is 4.77. The van der Waals surface area contributed by atoms with Crippen molar-refractivity contribution in [2.24, 2.45) is 5.41 Å². The number of amides is 2. The van der Waals surface area contributed by atoms with Crippen LogP contribution in [0.2, 0.25) is 0 Å². The lowest BCUT2D eigenvalue weighted by molar-refractivity contribution is -0.131. The Morgan fingerprint density at radius 2 is 1.85 bits per heavy atom. The highest BCUT2D eigenvalue weighted by Gasteiger charge is 2.45. The average molecular weight is 365 g/mol. The number of hydrogen-bond acceptors (Lipinski definition) is 4. The molecule has 1 saturated carbocycles. The summed E-state index contributed by atoms with van der Waals surface area (Å²) in [4.78, 5) is 31.0. The van der Waals surface area contributed by atoms with Crippen molar-refractivity contribution in [3.05, 3.63) is 0 Å². The number of hydrogen-bond donors (Lipinski definition) is 1. The van der Waals surface area contributed by atoms with E-state index in [1.807, 2.05) is 0 Å². The van der Waals surface area contributed by atoms with Crippen LogP contribution < -0.4 is 5.32 Å². The van der Waals surface area contributed by atoms with E-state index in [4.69, 9.17) is 0 Å². The topological polar surface area (TPSA) is 55.9 Å². The molecule has 6 heteroatoms. The smallest absolute Gasteiger partial charge is 0.223 e. The summed E-state index contributed by atoms with van der Waals surface area (Å²) in [5.74, 6) is 0.381. The molecule has 2 heterocycles. The van der Waals surface area contributed by atoms with E-state index in [0.29, 0.717) is 24.4 Å². The highest BCUT2D eigenvalue weighted by molar-refractivity contribution is 5.76. The van der Waals surface area contributed by atoms with Crippen LogP contribution in [0.3, 0.4) is 0 Å². The number of likely N-dealkylation sites (tertiary alicyclic amines) is 1. The maximum Gasteiger partial charge on any atom is 0.223 e. The summed E-state index contributed by atoms with van der Waals surface area (Å²) in [5.41, 5.74) is 0.256. The van der Waals surface area contributed by atoms with Gasteiger partial charge in [0.15, 0.2) is 0 Å².